The van der Waals surface area contributed by atoms with E-state index in [0.29, 0.717) is 18.6 Å². The first kappa shape index (κ1) is 24.3. The molecule has 7 nitrogen and oxygen atoms in total. The molecule has 41 heavy (non-hydrogen) atoms. The van der Waals surface area contributed by atoms with Crippen LogP contribution in [-0.4, -0.2) is 48.1 Å². The van der Waals surface area contributed by atoms with Crippen molar-refractivity contribution in [1.82, 2.24) is 9.88 Å². The van der Waals surface area contributed by atoms with Crippen LogP contribution in [0.3, 0.4) is 0 Å². The summed E-state index contributed by atoms with van der Waals surface area (Å²) in [6.45, 7) is 3.82. The number of likely N-dealkylation sites (tertiary alicyclic amines) is 1. The molecule has 2 fully saturated rings. The van der Waals surface area contributed by atoms with Crippen LogP contribution in [-0.2, 0) is 28.4 Å². The summed E-state index contributed by atoms with van der Waals surface area (Å²) in [6.07, 6.45) is 4.04. The molecule has 1 saturated heterocycles. The Morgan fingerprint density at radius 2 is 1.90 bits per heavy atom. The van der Waals surface area contributed by atoms with Gasteiger partial charge in [0.25, 0.3) is 0 Å². The van der Waals surface area contributed by atoms with Gasteiger partial charge in [0.2, 0.25) is 0 Å². The first-order chi connectivity index (χ1) is 19.8. The molecule has 210 valence electrons. The number of ether oxygens (including phenoxy) is 1. The van der Waals surface area contributed by atoms with Gasteiger partial charge in [0, 0.05) is 35.5 Å². The van der Waals surface area contributed by atoms with Crippen molar-refractivity contribution < 1.29 is 22.4 Å². The van der Waals surface area contributed by atoms with E-state index in [9.17, 15) is 13.5 Å². The number of fused-ring (bicyclic) bond motifs is 4. The topological polar surface area (TPSA) is 91.9 Å². The van der Waals surface area contributed by atoms with Crippen LogP contribution in [0, 0.1) is 12.8 Å². The largest absolute Gasteiger partial charge is 0.479 e. The van der Waals surface area contributed by atoms with E-state index in [1.54, 1.807) is 30.3 Å². The molecule has 1 spiro atoms. The summed E-state index contributed by atoms with van der Waals surface area (Å²) in [5.74, 6) is 1.37. The lowest BCUT2D eigenvalue weighted by Crippen LogP contribution is -2.74. The molecular weight excluding hydrogens is 536 g/mol. The van der Waals surface area contributed by atoms with Crippen LogP contribution in [0.25, 0.3) is 10.9 Å². The zero-order valence-electron chi connectivity index (χ0n) is 22.9. The Balaban J connectivity index is 1.24. The van der Waals surface area contributed by atoms with E-state index in [1.807, 2.05) is 25.1 Å². The Kier molecular flexibility index (Phi) is 4.70. The summed E-state index contributed by atoms with van der Waals surface area (Å²) in [6, 6.07) is 18.6. The second kappa shape index (κ2) is 7.94. The molecule has 4 atom stereocenters. The number of aromatic nitrogens is 1. The van der Waals surface area contributed by atoms with Crippen LogP contribution in [0.1, 0.15) is 53.3 Å². The summed E-state index contributed by atoms with van der Waals surface area (Å²) in [5, 5.41) is 14.2. The van der Waals surface area contributed by atoms with Gasteiger partial charge in [-0.2, -0.15) is 8.42 Å². The van der Waals surface area contributed by atoms with E-state index in [1.165, 1.54) is 12.8 Å². The van der Waals surface area contributed by atoms with Gasteiger partial charge in [-0.05, 0) is 80.5 Å². The third kappa shape index (κ3) is 3.13. The van der Waals surface area contributed by atoms with Crippen molar-refractivity contribution >= 4 is 21.0 Å². The normalized spacial score (nSPS) is 29.6. The fourth-order valence-corrected chi connectivity index (χ4v) is 9.43. The van der Waals surface area contributed by atoms with Gasteiger partial charge in [0.05, 0.1) is 16.7 Å². The van der Waals surface area contributed by atoms with Crippen LogP contribution in [0.4, 0.5) is 0 Å². The zero-order valence-corrected chi connectivity index (χ0v) is 23.7. The fourth-order valence-electron chi connectivity index (χ4n) is 8.50. The van der Waals surface area contributed by atoms with Crippen molar-refractivity contribution in [3.8, 4) is 11.5 Å². The molecule has 0 unspecified atom stereocenters. The molecular formula is C33H32N2O5S. The molecule has 0 amide bonds. The third-order valence-corrected chi connectivity index (χ3v) is 11.8. The average Bonchev–Trinajstić information content (AvgIpc) is 3.59. The maximum Gasteiger partial charge on any atom is 0.339 e. The predicted molar refractivity (Wildman–Crippen MR) is 154 cm³/mol. The summed E-state index contributed by atoms with van der Waals surface area (Å²) >= 11 is 0. The number of H-pyrrole nitrogens is 1. The molecule has 0 radical (unpaired) electrons. The van der Waals surface area contributed by atoms with E-state index in [0.717, 1.165) is 64.3 Å². The molecule has 1 aromatic heterocycles. The van der Waals surface area contributed by atoms with Gasteiger partial charge in [-0.3, -0.25) is 4.90 Å². The number of aromatic amines is 1. The van der Waals surface area contributed by atoms with Crippen LogP contribution in [0.5, 0.6) is 11.5 Å². The number of benzene rings is 3. The van der Waals surface area contributed by atoms with Gasteiger partial charge in [0.1, 0.15) is 4.90 Å². The number of aryl methyl sites for hydroxylation is 1. The summed E-state index contributed by atoms with van der Waals surface area (Å²) < 4.78 is 39.5. The molecule has 3 aromatic carbocycles. The van der Waals surface area contributed by atoms with E-state index >= 15 is 0 Å². The summed E-state index contributed by atoms with van der Waals surface area (Å²) in [7, 11) is -4.09. The maximum atomic E-state index is 13.4. The second-order valence-electron chi connectivity index (χ2n) is 12.8. The zero-order chi connectivity index (χ0) is 27.7. The first-order valence-electron chi connectivity index (χ1n) is 14.7. The minimum Gasteiger partial charge on any atom is -0.479 e. The number of piperidine rings is 1. The number of nitrogens with zero attached hydrogens (tertiary/aromatic N) is 1. The van der Waals surface area contributed by atoms with Crippen molar-refractivity contribution in [2.75, 3.05) is 13.1 Å². The quantitative estimate of drug-likeness (QED) is 0.332. The molecule has 4 aromatic rings. The monoisotopic (exact) mass is 568 g/mol. The molecule has 2 N–H and O–H groups in total. The SMILES string of the molecule is Cc1ccc(S(=O)(=O)Oc2ccc3c4c2O[C@H]2c5[nH]c6ccccc6c5C[C@@]5(O)[C@H](C3)N(CC3CC3)CC[C@]425)cc1. The highest BCUT2D eigenvalue weighted by Crippen LogP contribution is 2.69. The van der Waals surface area contributed by atoms with Crippen molar-refractivity contribution in [3.05, 3.63) is 88.6 Å². The lowest BCUT2D eigenvalue weighted by Gasteiger charge is -2.62. The highest BCUT2D eigenvalue weighted by Gasteiger charge is 2.73. The molecule has 8 heteroatoms. The van der Waals surface area contributed by atoms with Gasteiger partial charge in [-0.15, -0.1) is 0 Å². The van der Waals surface area contributed by atoms with E-state index in [2.05, 4.69) is 22.0 Å². The minimum atomic E-state index is -4.09. The van der Waals surface area contributed by atoms with Gasteiger partial charge < -0.3 is 19.0 Å². The lowest BCUT2D eigenvalue weighted by molar-refractivity contribution is -0.173. The molecule has 5 aliphatic rings. The van der Waals surface area contributed by atoms with Crippen molar-refractivity contribution in [3.63, 3.8) is 0 Å². The molecule has 2 bridgehead atoms. The average molecular weight is 569 g/mol. The molecule has 2 aliphatic heterocycles. The smallest absolute Gasteiger partial charge is 0.339 e. The van der Waals surface area contributed by atoms with Crippen molar-refractivity contribution in [1.29, 1.82) is 0 Å². The number of para-hydroxylation sites is 1. The Morgan fingerprint density at radius 1 is 1.10 bits per heavy atom. The van der Waals surface area contributed by atoms with E-state index in [-0.39, 0.29) is 16.7 Å². The second-order valence-corrected chi connectivity index (χ2v) is 14.4. The first-order valence-corrected chi connectivity index (χ1v) is 16.1. The maximum absolute atomic E-state index is 13.4. The predicted octanol–water partition coefficient (Wildman–Crippen LogP) is 4.94. The fraction of sp³-hybridized carbons (Fsp3) is 0.394. The highest BCUT2D eigenvalue weighted by molar-refractivity contribution is 7.87. The minimum absolute atomic E-state index is 0.0359. The van der Waals surface area contributed by atoms with Crippen LogP contribution < -0.4 is 8.92 Å². The summed E-state index contributed by atoms with van der Waals surface area (Å²) in [4.78, 5) is 6.28. The molecule has 3 aliphatic carbocycles. The highest BCUT2D eigenvalue weighted by atomic mass is 32.2. The van der Waals surface area contributed by atoms with Gasteiger partial charge in [0.15, 0.2) is 17.6 Å². The van der Waals surface area contributed by atoms with Crippen molar-refractivity contribution in [2.45, 2.75) is 67.1 Å². The van der Waals surface area contributed by atoms with Gasteiger partial charge >= 0.3 is 10.1 Å². The Hall–Kier alpha value is -3.33. The summed E-state index contributed by atoms with van der Waals surface area (Å²) in [5.41, 5.74) is 4.40. The number of rotatable bonds is 5. The Morgan fingerprint density at radius 3 is 2.71 bits per heavy atom. The van der Waals surface area contributed by atoms with Crippen LogP contribution >= 0.6 is 0 Å². The van der Waals surface area contributed by atoms with Crippen LogP contribution in [0.15, 0.2) is 65.6 Å². The van der Waals surface area contributed by atoms with Gasteiger partial charge in [-0.25, -0.2) is 0 Å². The lowest BCUT2D eigenvalue weighted by atomic mass is 9.49. The molecule has 3 heterocycles. The number of hydrogen-bond acceptors (Lipinski definition) is 6. The number of nitrogens with one attached hydrogen (secondary N) is 1. The third-order valence-electron chi connectivity index (χ3n) is 10.6. The Labute approximate surface area is 239 Å². The standard InChI is InChI=1S/C33H32N2O5S/c1-19-6-11-22(12-7-19)41(37,38)40-26-13-10-21-16-27-33(36)17-24-23-4-2-3-5-25(23)34-29(24)31-32(33,28(21)30(26)39-31)14-15-35(27)18-20-8-9-20/h2-7,10-13,20,27,31,34,36H,8-9,14-18H2,1H3/t27-,31-,32-,33+/m0/s1. The molecule has 9 rings (SSSR count). The molecule has 1 saturated carbocycles. The number of hydrogen-bond donors (Lipinski definition) is 2. The van der Waals surface area contributed by atoms with E-state index < -0.39 is 27.2 Å². The Bertz CT molecular complexity index is 1860. The number of aliphatic hydroxyl groups is 1. The van der Waals surface area contributed by atoms with Crippen LogP contribution in [0.2, 0.25) is 0 Å². The van der Waals surface area contributed by atoms with Gasteiger partial charge in [-0.1, -0.05) is 42.0 Å². The van der Waals surface area contributed by atoms with E-state index in [4.69, 9.17) is 8.92 Å². The van der Waals surface area contributed by atoms with Crippen molar-refractivity contribution in [2.24, 2.45) is 5.92 Å².